The van der Waals surface area contributed by atoms with Crippen LogP contribution in [0.2, 0.25) is 6.04 Å². The van der Waals surface area contributed by atoms with Crippen LogP contribution in [-0.2, 0) is 0 Å². The zero-order valence-electron chi connectivity index (χ0n) is 16.5. The maximum atomic E-state index is 9.60. The molecule has 3 aromatic rings. The van der Waals surface area contributed by atoms with E-state index in [1.54, 1.807) is 0 Å². The summed E-state index contributed by atoms with van der Waals surface area (Å²) in [5, 5.41) is 14.0. The Morgan fingerprint density at radius 1 is 0.607 bits per heavy atom. The lowest BCUT2D eigenvalue weighted by atomic mass is 10.3. The molecule has 1 nitrogen and oxygen atoms in total. The van der Waals surface area contributed by atoms with Crippen LogP contribution in [0.1, 0.15) is 25.7 Å². The van der Waals surface area contributed by atoms with Gasteiger partial charge in [-0.25, -0.2) is 0 Å². The highest BCUT2D eigenvalue weighted by Gasteiger charge is 2.47. The van der Waals surface area contributed by atoms with Crippen LogP contribution in [0.25, 0.3) is 0 Å². The highest BCUT2D eigenvalue weighted by atomic mass is 28.3. The first-order valence-corrected chi connectivity index (χ1v) is 12.8. The molecule has 0 aromatic heterocycles. The molecule has 0 amide bonds. The van der Waals surface area contributed by atoms with Crippen LogP contribution >= 0.6 is 0 Å². The predicted octanol–water partition coefficient (Wildman–Crippen LogP) is 3.96. The summed E-state index contributed by atoms with van der Waals surface area (Å²) in [5.74, 6) is 1.13. The Balaban J connectivity index is 0.000000586. The van der Waals surface area contributed by atoms with Gasteiger partial charge in [0.25, 0.3) is 0 Å². The first kappa shape index (κ1) is 19.2. The van der Waals surface area contributed by atoms with Crippen LogP contribution < -0.4 is 15.6 Å². The number of aliphatic hydroxyl groups excluding tert-OH is 1. The van der Waals surface area contributed by atoms with Crippen molar-refractivity contribution in [2.75, 3.05) is 6.61 Å². The van der Waals surface area contributed by atoms with E-state index in [2.05, 4.69) is 91.0 Å². The number of aliphatic hydroxyl groups is 1. The molecule has 0 bridgehead atoms. The average molecular weight is 387 g/mol. The number of hydrogen-bond donors (Lipinski definition) is 1. The zero-order chi connectivity index (χ0) is 19.2. The van der Waals surface area contributed by atoms with Crippen molar-refractivity contribution in [3.8, 4) is 0 Å². The van der Waals surface area contributed by atoms with Crippen molar-refractivity contribution >= 4 is 23.6 Å². The van der Waals surface area contributed by atoms with Gasteiger partial charge in [0.05, 0.1) is 0 Å². The van der Waals surface area contributed by atoms with Gasteiger partial charge in [-0.1, -0.05) is 110 Å². The van der Waals surface area contributed by atoms with E-state index in [0.717, 1.165) is 6.42 Å². The molecule has 0 heterocycles. The maximum Gasteiger partial charge on any atom is 0.148 e. The molecule has 3 aromatic carbocycles. The minimum atomic E-state index is -2.09. The van der Waals surface area contributed by atoms with E-state index >= 15 is 0 Å². The molecular weight excluding hydrogens is 356 g/mol. The SMILES string of the molecule is C1CC1.OC[C@H]1C[C@@H]1C[Si](c1ccccc1)(c1ccccc1)c1ccccc1. The standard InChI is InChI=1S/C23H24OSi.C3H6/c24-17-19-16-20(19)18-25(21-10-4-1-5-11-21,22-12-6-2-7-13-22)23-14-8-3-9-15-23;1-2-3-1/h1-15,19-20,24H,16-18H2;1-3H2/t19-,20-;/m1./s1. The third-order valence-corrected chi connectivity index (χ3v) is 11.1. The first-order chi connectivity index (χ1) is 13.8. The molecule has 0 aliphatic heterocycles. The third-order valence-electron chi connectivity index (χ3n) is 6.03. The van der Waals surface area contributed by atoms with Crippen molar-refractivity contribution in [3.05, 3.63) is 91.0 Å². The molecule has 5 rings (SSSR count). The highest BCUT2D eigenvalue weighted by Crippen LogP contribution is 2.43. The van der Waals surface area contributed by atoms with Gasteiger partial charge in [-0.15, -0.1) is 0 Å². The van der Waals surface area contributed by atoms with E-state index in [1.165, 1.54) is 40.9 Å². The summed E-state index contributed by atoms with van der Waals surface area (Å²) < 4.78 is 0. The summed E-state index contributed by atoms with van der Waals surface area (Å²) >= 11 is 0. The smallest absolute Gasteiger partial charge is 0.148 e. The van der Waals surface area contributed by atoms with E-state index in [0.29, 0.717) is 18.4 Å². The van der Waals surface area contributed by atoms with Gasteiger partial charge in [0.2, 0.25) is 0 Å². The van der Waals surface area contributed by atoms with Crippen molar-refractivity contribution < 1.29 is 5.11 Å². The van der Waals surface area contributed by atoms with Gasteiger partial charge in [0.15, 0.2) is 0 Å². The van der Waals surface area contributed by atoms with Crippen molar-refractivity contribution in [1.82, 2.24) is 0 Å². The molecule has 28 heavy (non-hydrogen) atoms. The van der Waals surface area contributed by atoms with Gasteiger partial charge in [0.1, 0.15) is 8.07 Å². The molecule has 0 saturated heterocycles. The second-order valence-electron chi connectivity index (χ2n) is 8.21. The molecule has 2 saturated carbocycles. The van der Waals surface area contributed by atoms with Crippen LogP contribution in [0, 0.1) is 11.8 Å². The highest BCUT2D eigenvalue weighted by molar-refractivity contribution is 7.11. The van der Waals surface area contributed by atoms with Crippen molar-refractivity contribution in [2.45, 2.75) is 31.7 Å². The number of rotatable bonds is 6. The van der Waals surface area contributed by atoms with E-state index in [4.69, 9.17) is 0 Å². The Kier molecular flexibility index (Phi) is 6.09. The fraction of sp³-hybridized carbons (Fsp3) is 0.308. The summed E-state index contributed by atoms with van der Waals surface area (Å²) in [6.07, 6.45) is 5.66. The normalized spacial score (nSPS) is 20.0. The van der Waals surface area contributed by atoms with Crippen LogP contribution in [-0.4, -0.2) is 19.8 Å². The van der Waals surface area contributed by atoms with E-state index in [-0.39, 0.29) is 0 Å². The molecule has 2 atom stereocenters. The van der Waals surface area contributed by atoms with Crippen molar-refractivity contribution in [1.29, 1.82) is 0 Å². The quantitative estimate of drug-likeness (QED) is 0.502. The molecular formula is C26H30OSi. The minimum Gasteiger partial charge on any atom is -0.396 e. The lowest BCUT2D eigenvalue weighted by Gasteiger charge is -2.34. The molecule has 0 radical (unpaired) electrons. The molecule has 2 aliphatic rings. The molecule has 1 N–H and O–H groups in total. The zero-order valence-corrected chi connectivity index (χ0v) is 17.5. The fourth-order valence-electron chi connectivity index (χ4n) is 4.20. The second kappa shape index (κ2) is 8.89. The minimum absolute atomic E-state index is 0.327. The summed E-state index contributed by atoms with van der Waals surface area (Å²) in [6, 6.07) is 34.3. The summed E-state index contributed by atoms with van der Waals surface area (Å²) in [6.45, 7) is 0.327. The van der Waals surface area contributed by atoms with Gasteiger partial charge in [0, 0.05) is 6.61 Å². The van der Waals surface area contributed by atoms with Gasteiger partial charge in [-0.05, 0) is 39.9 Å². The second-order valence-corrected chi connectivity index (χ2v) is 12.2. The molecule has 2 aliphatic carbocycles. The number of hydrogen-bond acceptors (Lipinski definition) is 1. The summed E-state index contributed by atoms with van der Waals surface area (Å²) in [7, 11) is -2.09. The Labute approximate surface area is 170 Å². The monoisotopic (exact) mass is 386 g/mol. The Hall–Kier alpha value is -2.16. The van der Waals surface area contributed by atoms with E-state index in [9.17, 15) is 5.11 Å². The first-order valence-electron chi connectivity index (χ1n) is 10.6. The van der Waals surface area contributed by atoms with Gasteiger partial charge in [-0.3, -0.25) is 0 Å². The molecule has 2 fully saturated rings. The van der Waals surface area contributed by atoms with Crippen LogP contribution in [0.4, 0.5) is 0 Å². The average Bonchev–Trinajstić information content (AvgIpc) is 3.69. The van der Waals surface area contributed by atoms with Crippen molar-refractivity contribution in [3.63, 3.8) is 0 Å². The summed E-state index contributed by atoms with van der Waals surface area (Å²) in [5.41, 5.74) is 0. The van der Waals surface area contributed by atoms with Gasteiger partial charge >= 0.3 is 0 Å². The lowest BCUT2D eigenvalue weighted by Crippen LogP contribution is -2.67. The molecule has 0 unspecified atom stereocenters. The Morgan fingerprint density at radius 2 is 1.00 bits per heavy atom. The van der Waals surface area contributed by atoms with E-state index in [1.807, 2.05) is 0 Å². The molecule has 144 valence electrons. The Bertz CT molecular complexity index is 746. The van der Waals surface area contributed by atoms with Crippen molar-refractivity contribution in [2.24, 2.45) is 11.8 Å². The lowest BCUT2D eigenvalue weighted by molar-refractivity contribution is 0.270. The predicted molar refractivity (Wildman–Crippen MR) is 121 cm³/mol. The summed E-state index contributed by atoms with van der Waals surface area (Å²) in [4.78, 5) is 0. The molecule has 0 spiro atoms. The van der Waals surface area contributed by atoms with Crippen LogP contribution in [0.15, 0.2) is 91.0 Å². The Morgan fingerprint density at radius 3 is 1.29 bits per heavy atom. The molecule has 2 heteroatoms. The number of benzene rings is 3. The fourth-order valence-corrected chi connectivity index (χ4v) is 9.48. The van der Waals surface area contributed by atoms with Gasteiger partial charge in [-0.2, -0.15) is 0 Å². The van der Waals surface area contributed by atoms with Crippen LogP contribution in [0.3, 0.4) is 0 Å². The maximum absolute atomic E-state index is 9.60. The van der Waals surface area contributed by atoms with E-state index < -0.39 is 8.07 Å². The van der Waals surface area contributed by atoms with Gasteiger partial charge < -0.3 is 5.11 Å². The third kappa shape index (κ3) is 4.29. The van der Waals surface area contributed by atoms with Crippen LogP contribution in [0.5, 0.6) is 0 Å². The topological polar surface area (TPSA) is 20.2 Å². The largest absolute Gasteiger partial charge is 0.396 e.